The first-order chi connectivity index (χ1) is 10.8. The van der Waals surface area contributed by atoms with E-state index >= 15 is 0 Å². The van der Waals surface area contributed by atoms with Crippen molar-refractivity contribution in [1.29, 1.82) is 0 Å². The molecule has 2 atom stereocenters. The highest BCUT2D eigenvalue weighted by molar-refractivity contribution is 5.83. The molecule has 3 rings (SSSR count). The topological polar surface area (TPSA) is 9.23 Å². The monoisotopic (exact) mass is 296 g/mol. The summed E-state index contributed by atoms with van der Waals surface area (Å²) in [6.07, 6.45) is 5.98. The van der Waals surface area contributed by atoms with E-state index in [1.807, 2.05) is 6.08 Å². The fraction of sp³-hybridized carbons (Fsp3) is 0.400. The highest BCUT2D eigenvalue weighted by Gasteiger charge is 2.38. The van der Waals surface area contributed by atoms with Gasteiger partial charge in [0.2, 0.25) is 6.23 Å². The van der Waals surface area contributed by atoms with Crippen LogP contribution in [0.15, 0.2) is 55.1 Å². The van der Waals surface area contributed by atoms with Gasteiger partial charge in [0.25, 0.3) is 0 Å². The lowest BCUT2D eigenvalue weighted by Gasteiger charge is -2.45. The third kappa shape index (κ3) is 2.89. The number of quaternary nitrogens is 1. The van der Waals surface area contributed by atoms with Gasteiger partial charge < -0.3 is 4.74 Å². The number of piperidine rings is 1. The van der Waals surface area contributed by atoms with Crippen molar-refractivity contribution in [2.24, 2.45) is 0 Å². The third-order valence-electron chi connectivity index (χ3n) is 5.03. The average Bonchev–Trinajstić information content (AvgIpc) is 2.57. The summed E-state index contributed by atoms with van der Waals surface area (Å²) in [7, 11) is 0. The van der Waals surface area contributed by atoms with Crippen molar-refractivity contribution in [2.45, 2.75) is 32.4 Å². The van der Waals surface area contributed by atoms with E-state index in [1.54, 1.807) is 0 Å². The first kappa shape index (κ1) is 15.1. The zero-order valence-corrected chi connectivity index (χ0v) is 13.5. The number of ether oxygens (including phenoxy) is 1. The van der Waals surface area contributed by atoms with Crippen molar-refractivity contribution in [3.8, 4) is 5.75 Å². The van der Waals surface area contributed by atoms with E-state index < -0.39 is 0 Å². The Bertz CT molecular complexity index is 651. The third-order valence-corrected chi connectivity index (χ3v) is 5.03. The lowest BCUT2D eigenvalue weighted by atomic mass is 10.0. The van der Waals surface area contributed by atoms with Gasteiger partial charge in [0.1, 0.15) is 5.75 Å². The summed E-state index contributed by atoms with van der Waals surface area (Å²) in [6.45, 7) is 9.52. The maximum Gasteiger partial charge on any atom is 0.233 e. The Hall–Kier alpha value is -1.80. The Balaban J connectivity index is 1.86. The van der Waals surface area contributed by atoms with E-state index in [1.165, 1.54) is 30.2 Å². The largest absolute Gasteiger partial charge is 0.443 e. The number of fused-ring (bicyclic) bond motifs is 1. The van der Waals surface area contributed by atoms with Crippen LogP contribution in [-0.4, -0.2) is 30.3 Å². The van der Waals surface area contributed by atoms with Crippen molar-refractivity contribution in [2.75, 3.05) is 19.6 Å². The normalized spacial score (nSPS) is 25.0. The fourth-order valence-corrected chi connectivity index (χ4v) is 3.69. The predicted molar refractivity (Wildman–Crippen MR) is 92.9 cm³/mol. The Labute approximate surface area is 133 Å². The maximum atomic E-state index is 6.45. The molecule has 0 radical (unpaired) electrons. The van der Waals surface area contributed by atoms with Crippen LogP contribution in [0.25, 0.3) is 10.8 Å². The number of likely N-dealkylation sites (N-methyl/N-ethyl adjacent to an activating group) is 1. The molecule has 1 saturated heterocycles. The second-order valence-electron chi connectivity index (χ2n) is 6.31. The second-order valence-corrected chi connectivity index (χ2v) is 6.31. The minimum Gasteiger partial charge on any atom is -0.443 e. The molecule has 2 aromatic carbocycles. The zero-order valence-electron chi connectivity index (χ0n) is 13.5. The van der Waals surface area contributed by atoms with Gasteiger partial charge in [-0.2, -0.15) is 0 Å². The molecule has 116 valence electrons. The van der Waals surface area contributed by atoms with E-state index in [4.69, 9.17) is 4.74 Å². The summed E-state index contributed by atoms with van der Waals surface area (Å²) in [5, 5.41) is 2.51. The van der Waals surface area contributed by atoms with Crippen molar-refractivity contribution in [3.05, 3.63) is 55.1 Å². The van der Waals surface area contributed by atoms with Crippen LogP contribution in [0.4, 0.5) is 0 Å². The van der Waals surface area contributed by atoms with Crippen LogP contribution in [0, 0.1) is 0 Å². The number of rotatable bonds is 5. The molecule has 1 aliphatic heterocycles. The second kappa shape index (κ2) is 6.53. The van der Waals surface area contributed by atoms with Gasteiger partial charge in [-0.1, -0.05) is 36.9 Å². The van der Waals surface area contributed by atoms with Crippen molar-refractivity contribution >= 4 is 10.8 Å². The molecule has 2 nitrogen and oxygen atoms in total. The Kier molecular flexibility index (Phi) is 4.49. The van der Waals surface area contributed by atoms with Crippen molar-refractivity contribution in [1.82, 2.24) is 0 Å². The molecule has 0 aliphatic carbocycles. The van der Waals surface area contributed by atoms with Gasteiger partial charge in [0.15, 0.2) is 0 Å². The van der Waals surface area contributed by atoms with E-state index in [2.05, 4.69) is 56.0 Å². The van der Waals surface area contributed by atoms with Crippen LogP contribution in [-0.2, 0) is 0 Å². The van der Waals surface area contributed by atoms with Crippen LogP contribution < -0.4 is 4.74 Å². The molecule has 1 heterocycles. The summed E-state index contributed by atoms with van der Waals surface area (Å²) in [5.41, 5.74) is 0. The standard InChI is InChI=1S/C20H26NO/c1-3-14-21(4-2)15-8-7-11-20(21)22-19-13-12-17-9-5-6-10-18(17)16-19/h3,5-6,9-10,12-13,16,20H,1,4,7-8,11,14-15H2,2H3/q+1. The molecular weight excluding hydrogens is 270 g/mol. The summed E-state index contributed by atoms with van der Waals surface area (Å²) in [4.78, 5) is 0. The molecule has 0 aromatic heterocycles. The number of nitrogens with zero attached hydrogens (tertiary/aromatic N) is 1. The van der Waals surface area contributed by atoms with Crippen molar-refractivity contribution < 1.29 is 9.22 Å². The number of hydrogen-bond acceptors (Lipinski definition) is 1. The molecule has 2 aromatic rings. The van der Waals surface area contributed by atoms with E-state index in [0.29, 0.717) is 0 Å². The van der Waals surface area contributed by atoms with Gasteiger partial charge in [-0.15, -0.1) is 0 Å². The zero-order chi connectivity index (χ0) is 15.4. The average molecular weight is 296 g/mol. The Morgan fingerprint density at radius 3 is 2.77 bits per heavy atom. The molecule has 1 fully saturated rings. The molecule has 0 saturated carbocycles. The van der Waals surface area contributed by atoms with Crippen LogP contribution in [0.5, 0.6) is 5.75 Å². The van der Waals surface area contributed by atoms with E-state index in [-0.39, 0.29) is 6.23 Å². The Morgan fingerprint density at radius 1 is 1.18 bits per heavy atom. The summed E-state index contributed by atoms with van der Waals surface area (Å²) < 4.78 is 7.46. The summed E-state index contributed by atoms with van der Waals surface area (Å²) >= 11 is 0. The molecular formula is C20H26NO+. The SMILES string of the molecule is C=CC[N+]1(CC)CCCCC1Oc1ccc2ccccc2c1. The summed E-state index contributed by atoms with van der Waals surface area (Å²) in [6, 6.07) is 14.9. The molecule has 1 aliphatic rings. The predicted octanol–water partition coefficient (Wildman–Crippen LogP) is 4.75. The number of likely N-dealkylation sites (tertiary alicyclic amines) is 1. The highest BCUT2D eigenvalue weighted by atomic mass is 16.5. The molecule has 0 bridgehead atoms. The van der Waals surface area contributed by atoms with Crippen LogP contribution >= 0.6 is 0 Å². The van der Waals surface area contributed by atoms with Gasteiger partial charge >= 0.3 is 0 Å². The smallest absolute Gasteiger partial charge is 0.233 e. The molecule has 2 heteroatoms. The van der Waals surface area contributed by atoms with Crippen molar-refractivity contribution in [3.63, 3.8) is 0 Å². The van der Waals surface area contributed by atoms with Crippen LogP contribution in [0.3, 0.4) is 0 Å². The van der Waals surface area contributed by atoms with Crippen LogP contribution in [0.1, 0.15) is 26.2 Å². The first-order valence-electron chi connectivity index (χ1n) is 8.39. The van der Waals surface area contributed by atoms with E-state index in [9.17, 15) is 0 Å². The van der Waals surface area contributed by atoms with Crippen LogP contribution in [0.2, 0.25) is 0 Å². The molecule has 22 heavy (non-hydrogen) atoms. The lowest BCUT2D eigenvalue weighted by molar-refractivity contribution is -0.966. The number of hydrogen-bond donors (Lipinski definition) is 0. The molecule has 2 unspecified atom stereocenters. The molecule has 0 N–H and O–H groups in total. The first-order valence-corrected chi connectivity index (χ1v) is 8.39. The maximum absolute atomic E-state index is 6.45. The highest BCUT2D eigenvalue weighted by Crippen LogP contribution is 2.30. The van der Waals surface area contributed by atoms with Gasteiger partial charge in [-0.05, 0) is 48.7 Å². The molecule has 0 spiro atoms. The van der Waals surface area contributed by atoms with Gasteiger partial charge in [-0.25, -0.2) is 0 Å². The fourth-order valence-electron chi connectivity index (χ4n) is 3.69. The number of benzene rings is 2. The molecule has 0 amide bonds. The quantitative estimate of drug-likeness (QED) is 0.571. The van der Waals surface area contributed by atoms with E-state index in [0.717, 1.165) is 29.7 Å². The minimum atomic E-state index is 0.248. The van der Waals surface area contributed by atoms with Gasteiger partial charge in [0, 0.05) is 6.42 Å². The summed E-state index contributed by atoms with van der Waals surface area (Å²) in [5.74, 6) is 0.991. The Morgan fingerprint density at radius 2 is 2.00 bits per heavy atom. The van der Waals surface area contributed by atoms with Gasteiger partial charge in [-0.3, -0.25) is 4.48 Å². The minimum absolute atomic E-state index is 0.248. The lowest BCUT2D eigenvalue weighted by Crippen LogP contribution is -2.60. The van der Waals surface area contributed by atoms with Gasteiger partial charge in [0.05, 0.1) is 19.6 Å².